The Labute approximate surface area is 170 Å². The Hall–Kier alpha value is -3.78. The summed E-state index contributed by atoms with van der Waals surface area (Å²) in [6.45, 7) is 2.69. The van der Waals surface area contributed by atoms with Gasteiger partial charge in [0, 0.05) is 5.56 Å². The number of ether oxygens (including phenoxy) is 2. The molecule has 0 heterocycles. The third-order valence-corrected chi connectivity index (χ3v) is 4.22. The van der Waals surface area contributed by atoms with Crippen molar-refractivity contribution in [1.82, 2.24) is 5.43 Å². The maximum Gasteiger partial charge on any atom is 0.244 e. The number of nitrogens with zero attached hydrogens (tertiary/aromatic N) is 1. The summed E-state index contributed by atoms with van der Waals surface area (Å²) in [6, 6.07) is 19.1. The van der Waals surface area contributed by atoms with Crippen LogP contribution in [0.2, 0.25) is 0 Å². The third kappa shape index (κ3) is 5.36. The highest BCUT2D eigenvalue weighted by atomic mass is 16.5. The molecule has 3 rings (SSSR count). The summed E-state index contributed by atoms with van der Waals surface area (Å²) in [4.78, 5) is 12.2. The molecule has 0 atom stereocenters. The van der Waals surface area contributed by atoms with Crippen molar-refractivity contribution in [3.63, 3.8) is 0 Å². The van der Waals surface area contributed by atoms with Crippen LogP contribution in [0.5, 0.6) is 11.5 Å². The molecule has 1 amide bonds. The molecule has 0 spiro atoms. The second kappa shape index (κ2) is 9.95. The molecular formula is C24H22N2O3. The number of hydrogen-bond donors (Lipinski definition) is 1. The van der Waals surface area contributed by atoms with Gasteiger partial charge in [0.05, 0.1) is 19.2 Å². The van der Waals surface area contributed by atoms with Gasteiger partial charge in [0.25, 0.3) is 0 Å². The van der Waals surface area contributed by atoms with E-state index in [1.807, 2.05) is 67.6 Å². The molecule has 5 heteroatoms. The Morgan fingerprint density at radius 1 is 1.10 bits per heavy atom. The average Bonchev–Trinajstić information content (AvgIpc) is 2.74. The number of fused-ring (bicyclic) bond motifs is 1. The number of benzene rings is 3. The summed E-state index contributed by atoms with van der Waals surface area (Å²) in [6.07, 6.45) is 7.11. The minimum atomic E-state index is -0.211. The first-order valence-electron chi connectivity index (χ1n) is 9.33. The average molecular weight is 386 g/mol. The summed E-state index contributed by atoms with van der Waals surface area (Å²) in [5, 5.41) is 6.13. The lowest BCUT2D eigenvalue weighted by Crippen LogP contribution is -2.19. The van der Waals surface area contributed by atoms with Crippen LogP contribution in [-0.2, 0) is 11.2 Å². The van der Waals surface area contributed by atoms with Crippen LogP contribution in [0.1, 0.15) is 18.1 Å². The highest BCUT2D eigenvalue weighted by Gasteiger charge is 2.08. The quantitative estimate of drug-likeness (QED) is 0.362. The van der Waals surface area contributed by atoms with E-state index in [4.69, 9.17) is 15.9 Å². The molecule has 0 saturated carbocycles. The highest BCUT2D eigenvalue weighted by molar-refractivity contribution is 6.02. The number of amides is 1. The minimum absolute atomic E-state index is 0.156. The molecule has 29 heavy (non-hydrogen) atoms. The van der Waals surface area contributed by atoms with E-state index in [0.717, 1.165) is 27.6 Å². The zero-order chi connectivity index (χ0) is 20.5. The summed E-state index contributed by atoms with van der Waals surface area (Å²) < 4.78 is 11.0. The van der Waals surface area contributed by atoms with E-state index in [1.165, 1.54) is 0 Å². The van der Waals surface area contributed by atoms with Gasteiger partial charge >= 0.3 is 0 Å². The normalized spacial score (nSPS) is 10.6. The van der Waals surface area contributed by atoms with Crippen LogP contribution in [0, 0.1) is 12.3 Å². The molecular weight excluding hydrogens is 364 g/mol. The van der Waals surface area contributed by atoms with E-state index >= 15 is 0 Å². The lowest BCUT2D eigenvalue weighted by atomic mass is 10.0. The Kier molecular flexibility index (Phi) is 6.85. The van der Waals surface area contributed by atoms with Gasteiger partial charge in [-0.15, -0.1) is 6.42 Å². The maximum atomic E-state index is 12.2. The van der Waals surface area contributed by atoms with Gasteiger partial charge in [-0.3, -0.25) is 4.79 Å². The van der Waals surface area contributed by atoms with E-state index < -0.39 is 0 Å². The standard InChI is InChI=1S/C24H22N2O3/c1-3-15-29-23-14-11-19-7-5-6-8-21(19)22(23)17-25-26-24(27)16-18-9-12-20(13-10-18)28-4-2/h1,5-14,17H,4,15-16H2,2H3,(H,26,27)/b25-17-. The molecule has 0 fully saturated rings. The van der Waals surface area contributed by atoms with Gasteiger partial charge in [-0.05, 0) is 41.5 Å². The lowest BCUT2D eigenvalue weighted by Gasteiger charge is -2.10. The smallest absolute Gasteiger partial charge is 0.244 e. The Morgan fingerprint density at radius 2 is 1.90 bits per heavy atom. The number of hydrogen-bond acceptors (Lipinski definition) is 4. The van der Waals surface area contributed by atoms with Crippen LogP contribution in [-0.4, -0.2) is 25.3 Å². The fraction of sp³-hybridized carbons (Fsp3) is 0.167. The van der Waals surface area contributed by atoms with Crippen molar-refractivity contribution in [2.45, 2.75) is 13.3 Å². The van der Waals surface area contributed by atoms with Gasteiger partial charge in [0.1, 0.15) is 18.1 Å². The van der Waals surface area contributed by atoms with Crippen molar-refractivity contribution in [2.24, 2.45) is 5.10 Å². The van der Waals surface area contributed by atoms with E-state index in [1.54, 1.807) is 6.21 Å². The number of carbonyl (C=O) groups excluding carboxylic acids is 1. The number of terminal acetylenes is 1. The van der Waals surface area contributed by atoms with Gasteiger partial charge in [-0.25, -0.2) is 5.43 Å². The Balaban J connectivity index is 1.71. The molecule has 0 aliphatic heterocycles. The minimum Gasteiger partial charge on any atom is -0.494 e. The monoisotopic (exact) mass is 386 g/mol. The fourth-order valence-electron chi connectivity index (χ4n) is 2.92. The highest BCUT2D eigenvalue weighted by Crippen LogP contribution is 2.26. The van der Waals surface area contributed by atoms with Crippen molar-refractivity contribution >= 4 is 22.9 Å². The number of nitrogens with one attached hydrogen (secondary N) is 1. The van der Waals surface area contributed by atoms with Crippen LogP contribution in [0.3, 0.4) is 0 Å². The molecule has 146 valence electrons. The Morgan fingerprint density at radius 3 is 2.66 bits per heavy atom. The van der Waals surface area contributed by atoms with Crippen molar-refractivity contribution in [3.8, 4) is 23.8 Å². The second-order valence-corrected chi connectivity index (χ2v) is 6.24. The SMILES string of the molecule is C#CCOc1ccc2ccccc2c1/C=N\NC(=O)Cc1ccc(OCC)cc1. The largest absolute Gasteiger partial charge is 0.494 e. The molecule has 3 aromatic rings. The first kappa shape index (κ1) is 20.0. The van der Waals surface area contributed by atoms with Gasteiger partial charge in [0.2, 0.25) is 5.91 Å². The van der Waals surface area contributed by atoms with Crippen molar-refractivity contribution in [2.75, 3.05) is 13.2 Å². The zero-order valence-electron chi connectivity index (χ0n) is 16.2. The predicted molar refractivity (Wildman–Crippen MR) is 115 cm³/mol. The molecule has 0 unspecified atom stereocenters. The van der Waals surface area contributed by atoms with Gasteiger partial charge < -0.3 is 9.47 Å². The molecule has 1 N–H and O–H groups in total. The molecule has 0 aliphatic rings. The third-order valence-electron chi connectivity index (χ3n) is 4.22. The predicted octanol–water partition coefficient (Wildman–Crippen LogP) is 3.94. The van der Waals surface area contributed by atoms with Crippen LogP contribution >= 0.6 is 0 Å². The van der Waals surface area contributed by atoms with E-state index in [9.17, 15) is 4.79 Å². The van der Waals surface area contributed by atoms with Crippen molar-refractivity contribution in [3.05, 3.63) is 71.8 Å². The second-order valence-electron chi connectivity index (χ2n) is 6.24. The van der Waals surface area contributed by atoms with Crippen LogP contribution in [0.25, 0.3) is 10.8 Å². The number of hydrazone groups is 1. The molecule has 0 saturated heterocycles. The first-order valence-corrected chi connectivity index (χ1v) is 9.33. The van der Waals surface area contributed by atoms with Crippen molar-refractivity contribution in [1.29, 1.82) is 0 Å². The summed E-state index contributed by atoms with van der Waals surface area (Å²) in [5.41, 5.74) is 4.21. The molecule has 5 nitrogen and oxygen atoms in total. The van der Waals surface area contributed by atoms with E-state index in [-0.39, 0.29) is 18.9 Å². The number of rotatable bonds is 8. The molecule has 0 bridgehead atoms. The van der Waals surface area contributed by atoms with Gasteiger partial charge in [-0.1, -0.05) is 48.4 Å². The molecule has 0 aliphatic carbocycles. The zero-order valence-corrected chi connectivity index (χ0v) is 16.2. The van der Waals surface area contributed by atoms with E-state index in [2.05, 4.69) is 16.4 Å². The Bertz CT molecular complexity index is 1050. The molecule has 0 radical (unpaired) electrons. The van der Waals surface area contributed by atoms with Crippen LogP contribution < -0.4 is 14.9 Å². The number of carbonyl (C=O) groups is 1. The van der Waals surface area contributed by atoms with Crippen LogP contribution in [0.15, 0.2) is 65.8 Å². The summed E-state index contributed by atoms with van der Waals surface area (Å²) in [7, 11) is 0. The first-order chi connectivity index (χ1) is 14.2. The lowest BCUT2D eigenvalue weighted by molar-refractivity contribution is -0.120. The van der Waals surface area contributed by atoms with Gasteiger partial charge in [0.15, 0.2) is 0 Å². The molecule has 3 aromatic carbocycles. The van der Waals surface area contributed by atoms with Gasteiger partial charge in [-0.2, -0.15) is 5.10 Å². The summed E-state index contributed by atoms with van der Waals surface area (Å²) in [5.74, 6) is 3.65. The maximum absolute atomic E-state index is 12.2. The van der Waals surface area contributed by atoms with E-state index in [0.29, 0.717) is 12.4 Å². The topological polar surface area (TPSA) is 59.9 Å². The molecule has 0 aromatic heterocycles. The fourth-order valence-corrected chi connectivity index (χ4v) is 2.92. The van der Waals surface area contributed by atoms with Crippen molar-refractivity contribution < 1.29 is 14.3 Å². The summed E-state index contributed by atoms with van der Waals surface area (Å²) >= 11 is 0. The van der Waals surface area contributed by atoms with Crippen LogP contribution in [0.4, 0.5) is 0 Å².